The second-order valence-electron chi connectivity index (χ2n) is 3.64. The summed E-state index contributed by atoms with van der Waals surface area (Å²) in [5.41, 5.74) is 1.22. The molecule has 0 saturated carbocycles. The van der Waals surface area contributed by atoms with Crippen molar-refractivity contribution in [3.63, 3.8) is 0 Å². The van der Waals surface area contributed by atoms with Crippen molar-refractivity contribution in [2.75, 3.05) is 0 Å². The van der Waals surface area contributed by atoms with Gasteiger partial charge in [-0.15, -0.1) is 11.6 Å². The Morgan fingerprint density at radius 3 is 2.44 bits per heavy atom. The smallest absolute Gasteiger partial charge is 0.167 e. The average molecular weight is 262 g/mol. The van der Waals surface area contributed by atoms with Gasteiger partial charge in [-0.1, -0.05) is 12.1 Å². The van der Waals surface area contributed by atoms with Gasteiger partial charge in [-0.25, -0.2) is 4.39 Å². The molecule has 0 aliphatic rings. The zero-order valence-corrected chi connectivity index (χ0v) is 10.1. The number of hydrogen-bond acceptors (Lipinski definition) is 2. The van der Waals surface area contributed by atoms with Crippen molar-refractivity contribution in [3.8, 4) is 17.6 Å². The van der Waals surface area contributed by atoms with Crippen LogP contribution < -0.4 is 4.74 Å². The van der Waals surface area contributed by atoms with Crippen molar-refractivity contribution in [1.82, 2.24) is 0 Å². The molecule has 0 N–H and O–H groups in total. The second kappa shape index (κ2) is 5.52. The molecule has 0 amide bonds. The highest BCUT2D eigenvalue weighted by atomic mass is 35.5. The maximum absolute atomic E-state index is 13.6. The van der Waals surface area contributed by atoms with Gasteiger partial charge in [0, 0.05) is 5.88 Å². The molecule has 0 atom stereocenters. The van der Waals surface area contributed by atoms with Crippen LogP contribution in [0.1, 0.15) is 11.1 Å². The summed E-state index contributed by atoms with van der Waals surface area (Å²) in [4.78, 5) is 0. The maximum atomic E-state index is 13.6. The minimum Gasteiger partial charge on any atom is -0.454 e. The number of benzene rings is 2. The Kier molecular flexibility index (Phi) is 3.81. The molecular formula is C14H9ClFNO. The fourth-order valence-corrected chi connectivity index (χ4v) is 1.60. The van der Waals surface area contributed by atoms with E-state index in [9.17, 15) is 4.39 Å². The molecule has 2 nitrogen and oxygen atoms in total. The van der Waals surface area contributed by atoms with Crippen LogP contribution in [0.25, 0.3) is 0 Å². The molecule has 0 fully saturated rings. The van der Waals surface area contributed by atoms with Crippen LogP contribution in [0.2, 0.25) is 0 Å². The van der Waals surface area contributed by atoms with Gasteiger partial charge in [0.25, 0.3) is 0 Å². The molecule has 0 heterocycles. The molecule has 2 rings (SSSR count). The molecule has 0 bridgehead atoms. The summed E-state index contributed by atoms with van der Waals surface area (Å²) in [6.07, 6.45) is 0. The zero-order valence-electron chi connectivity index (χ0n) is 9.36. The van der Waals surface area contributed by atoms with Crippen LogP contribution in [0, 0.1) is 17.1 Å². The van der Waals surface area contributed by atoms with Gasteiger partial charge < -0.3 is 4.74 Å². The molecule has 0 saturated heterocycles. The van der Waals surface area contributed by atoms with Crippen molar-refractivity contribution in [2.45, 2.75) is 5.88 Å². The third kappa shape index (κ3) is 2.79. The summed E-state index contributed by atoms with van der Waals surface area (Å²) >= 11 is 5.67. The molecule has 90 valence electrons. The topological polar surface area (TPSA) is 33.0 Å². The third-order valence-corrected chi connectivity index (χ3v) is 2.68. The summed E-state index contributed by atoms with van der Waals surface area (Å²) in [7, 11) is 0. The minimum absolute atomic E-state index is 0.0904. The Hall–Kier alpha value is -2.05. The van der Waals surface area contributed by atoms with Crippen LogP contribution in [0.5, 0.6) is 11.5 Å². The number of nitrogens with zero attached hydrogens (tertiary/aromatic N) is 1. The third-order valence-electron chi connectivity index (χ3n) is 2.37. The molecule has 18 heavy (non-hydrogen) atoms. The largest absolute Gasteiger partial charge is 0.454 e. The second-order valence-corrected chi connectivity index (χ2v) is 3.90. The standard InChI is InChI=1S/C14H9ClFNO/c15-8-10-1-4-12(5-2-10)18-14-6-3-11(9-17)7-13(14)16/h1-7H,8H2. The van der Waals surface area contributed by atoms with Crippen LogP contribution in [0.4, 0.5) is 4.39 Å². The van der Waals surface area contributed by atoms with Crippen LogP contribution >= 0.6 is 11.6 Å². The van der Waals surface area contributed by atoms with E-state index < -0.39 is 5.82 Å². The molecule has 0 spiro atoms. The van der Waals surface area contributed by atoms with E-state index in [0.29, 0.717) is 11.6 Å². The molecular weight excluding hydrogens is 253 g/mol. The summed E-state index contributed by atoms with van der Waals surface area (Å²) in [5.74, 6) is 0.474. The monoisotopic (exact) mass is 261 g/mol. The van der Waals surface area contributed by atoms with Crippen LogP contribution in [-0.4, -0.2) is 0 Å². The lowest BCUT2D eigenvalue weighted by molar-refractivity contribution is 0.442. The van der Waals surface area contributed by atoms with Crippen LogP contribution in [-0.2, 0) is 5.88 Å². The molecule has 0 radical (unpaired) electrons. The number of halogens is 2. The molecule has 0 aliphatic heterocycles. The van der Waals surface area contributed by atoms with E-state index in [4.69, 9.17) is 21.6 Å². The Labute approximate surface area is 109 Å². The number of rotatable bonds is 3. The highest BCUT2D eigenvalue weighted by Gasteiger charge is 2.06. The Morgan fingerprint density at radius 2 is 1.89 bits per heavy atom. The minimum atomic E-state index is -0.560. The van der Waals surface area contributed by atoms with Crippen LogP contribution in [0.15, 0.2) is 42.5 Å². The molecule has 0 aromatic heterocycles. The zero-order chi connectivity index (χ0) is 13.0. The average Bonchev–Trinajstić information content (AvgIpc) is 2.42. The summed E-state index contributed by atoms with van der Waals surface area (Å²) in [6, 6.07) is 13.0. The number of ether oxygens (including phenoxy) is 1. The van der Waals surface area contributed by atoms with Gasteiger partial charge in [-0.05, 0) is 35.9 Å². The quantitative estimate of drug-likeness (QED) is 0.775. The lowest BCUT2D eigenvalue weighted by Gasteiger charge is -2.07. The van der Waals surface area contributed by atoms with Gasteiger partial charge >= 0.3 is 0 Å². The Balaban J connectivity index is 2.20. The Morgan fingerprint density at radius 1 is 1.17 bits per heavy atom. The SMILES string of the molecule is N#Cc1ccc(Oc2ccc(CCl)cc2)c(F)c1. The number of hydrogen-bond donors (Lipinski definition) is 0. The fourth-order valence-electron chi connectivity index (χ4n) is 1.43. The van der Waals surface area contributed by atoms with E-state index in [1.165, 1.54) is 12.1 Å². The normalized spacial score (nSPS) is 9.83. The highest BCUT2D eigenvalue weighted by Crippen LogP contribution is 2.25. The molecule has 4 heteroatoms. The summed E-state index contributed by atoms with van der Waals surface area (Å²) in [5, 5.41) is 8.63. The predicted molar refractivity (Wildman–Crippen MR) is 67.2 cm³/mol. The first-order valence-corrected chi connectivity index (χ1v) is 5.79. The molecule has 2 aromatic rings. The first-order chi connectivity index (χ1) is 8.72. The van der Waals surface area contributed by atoms with E-state index in [0.717, 1.165) is 11.6 Å². The van der Waals surface area contributed by atoms with Crippen molar-refractivity contribution in [2.24, 2.45) is 0 Å². The first kappa shape index (κ1) is 12.4. The van der Waals surface area contributed by atoms with Crippen molar-refractivity contribution >= 4 is 11.6 Å². The van der Waals surface area contributed by atoms with Crippen molar-refractivity contribution in [3.05, 3.63) is 59.4 Å². The van der Waals surface area contributed by atoms with Gasteiger partial charge in [-0.2, -0.15) is 5.26 Å². The van der Waals surface area contributed by atoms with E-state index in [-0.39, 0.29) is 11.3 Å². The van der Waals surface area contributed by atoms with E-state index in [2.05, 4.69) is 0 Å². The lowest BCUT2D eigenvalue weighted by Crippen LogP contribution is -1.89. The van der Waals surface area contributed by atoms with E-state index >= 15 is 0 Å². The van der Waals surface area contributed by atoms with Gasteiger partial charge in [-0.3, -0.25) is 0 Å². The summed E-state index contributed by atoms with van der Waals surface area (Å²) in [6.45, 7) is 0. The Bertz CT molecular complexity index is 590. The number of alkyl halides is 1. The van der Waals surface area contributed by atoms with Gasteiger partial charge in [0.2, 0.25) is 0 Å². The van der Waals surface area contributed by atoms with Crippen LogP contribution in [0.3, 0.4) is 0 Å². The molecule has 0 aliphatic carbocycles. The van der Waals surface area contributed by atoms with Gasteiger partial charge in [0.1, 0.15) is 5.75 Å². The van der Waals surface area contributed by atoms with Crippen molar-refractivity contribution < 1.29 is 9.13 Å². The van der Waals surface area contributed by atoms with Gasteiger partial charge in [0.15, 0.2) is 11.6 Å². The first-order valence-electron chi connectivity index (χ1n) is 5.25. The predicted octanol–water partition coefficient (Wildman–Crippen LogP) is 4.23. The lowest BCUT2D eigenvalue weighted by atomic mass is 10.2. The number of nitriles is 1. The fraction of sp³-hybridized carbons (Fsp3) is 0.0714. The molecule has 2 aromatic carbocycles. The van der Waals surface area contributed by atoms with Crippen molar-refractivity contribution in [1.29, 1.82) is 5.26 Å². The maximum Gasteiger partial charge on any atom is 0.167 e. The highest BCUT2D eigenvalue weighted by molar-refractivity contribution is 6.17. The summed E-state index contributed by atoms with van der Waals surface area (Å²) < 4.78 is 19.0. The van der Waals surface area contributed by atoms with Gasteiger partial charge in [0.05, 0.1) is 11.6 Å². The van der Waals surface area contributed by atoms with E-state index in [1.54, 1.807) is 12.1 Å². The van der Waals surface area contributed by atoms with E-state index in [1.807, 2.05) is 18.2 Å². The molecule has 0 unspecified atom stereocenters.